The number of rotatable bonds is 5. The third-order valence-electron chi connectivity index (χ3n) is 4.60. The first-order valence-electron chi connectivity index (χ1n) is 8.79. The maximum atomic E-state index is 13.2. The number of ether oxygens (including phenoxy) is 1. The van der Waals surface area contributed by atoms with Gasteiger partial charge in [-0.15, -0.1) is 0 Å². The number of alkyl halides is 3. The van der Waals surface area contributed by atoms with Crippen LogP contribution in [0.5, 0.6) is 0 Å². The molecule has 6 nitrogen and oxygen atoms in total. The highest BCUT2D eigenvalue weighted by Gasteiger charge is 2.32. The maximum Gasteiger partial charge on any atom is 0.416 e. The summed E-state index contributed by atoms with van der Waals surface area (Å²) in [4.78, 5) is 13.1. The maximum absolute atomic E-state index is 13.2. The molecule has 0 atom stereocenters. The number of hydrogen-bond donors (Lipinski definition) is 1. The normalized spacial score (nSPS) is 14.7. The number of sulfonamides is 1. The highest BCUT2D eigenvalue weighted by Crippen LogP contribution is 2.37. The molecule has 0 radical (unpaired) electrons. The van der Waals surface area contributed by atoms with E-state index >= 15 is 0 Å². The van der Waals surface area contributed by atoms with Crippen LogP contribution in [0.3, 0.4) is 0 Å². The molecule has 0 aromatic heterocycles. The molecule has 10 heteroatoms. The topological polar surface area (TPSA) is 75.7 Å². The van der Waals surface area contributed by atoms with E-state index in [1.807, 2.05) is 4.90 Å². The molecule has 1 N–H and O–H groups in total. The Balaban J connectivity index is 1.97. The number of anilines is 2. The summed E-state index contributed by atoms with van der Waals surface area (Å²) >= 11 is 0. The molecule has 3 rings (SSSR count). The summed E-state index contributed by atoms with van der Waals surface area (Å²) in [7, 11) is -2.98. The van der Waals surface area contributed by atoms with Crippen LogP contribution >= 0.6 is 0 Å². The molecule has 29 heavy (non-hydrogen) atoms. The number of nitrogens with one attached hydrogen (secondary N) is 1. The van der Waals surface area contributed by atoms with E-state index in [0.717, 1.165) is 25.0 Å². The third-order valence-corrected chi connectivity index (χ3v) is 5.98. The van der Waals surface area contributed by atoms with Gasteiger partial charge < -0.3 is 9.64 Å². The molecule has 0 aliphatic carbocycles. The van der Waals surface area contributed by atoms with Gasteiger partial charge in [0.15, 0.2) is 0 Å². The van der Waals surface area contributed by atoms with Gasteiger partial charge >= 0.3 is 12.1 Å². The molecular weight excluding hydrogens is 409 g/mol. The van der Waals surface area contributed by atoms with Gasteiger partial charge in [0.1, 0.15) is 0 Å². The molecule has 2 aromatic carbocycles. The Hall–Kier alpha value is -2.75. The summed E-state index contributed by atoms with van der Waals surface area (Å²) in [5.74, 6) is -0.629. The van der Waals surface area contributed by atoms with E-state index < -0.39 is 27.7 Å². The lowest BCUT2D eigenvalue weighted by molar-refractivity contribution is -0.137. The average molecular weight is 428 g/mol. The molecule has 156 valence electrons. The quantitative estimate of drug-likeness (QED) is 0.732. The van der Waals surface area contributed by atoms with Crippen molar-refractivity contribution in [1.82, 2.24) is 0 Å². The van der Waals surface area contributed by atoms with E-state index in [1.165, 1.54) is 37.4 Å². The van der Waals surface area contributed by atoms with Gasteiger partial charge in [-0.05, 0) is 55.3 Å². The van der Waals surface area contributed by atoms with Crippen molar-refractivity contribution in [3.63, 3.8) is 0 Å². The van der Waals surface area contributed by atoms with E-state index in [4.69, 9.17) is 0 Å². The van der Waals surface area contributed by atoms with Gasteiger partial charge in [-0.1, -0.05) is 0 Å². The van der Waals surface area contributed by atoms with Gasteiger partial charge in [0.05, 0.1) is 34.5 Å². The number of methoxy groups -OCH3 is 1. The van der Waals surface area contributed by atoms with Crippen LogP contribution in [0, 0.1) is 0 Å². The Kier molecular flexibility index (Phi) is 5.74. The molecule has 1 fully saturated rings. The number of carbonyl (C=O) groups is 1. The molecule has 1 aliphatic rings. The van der Waals surface area contributed by atoms with Gasteiger partial charge in [0.2, 0.25) is 0 Å². The lowest BCUT2D eigenvalue weighted by atomic mass is 10.1. The molecule has 2 aromatic rings. The minimum Gasteiger partial charge on any atom is -0.465 e. The summed E-state index contributed by atoms with van der Waals surface area (Å²) in [6.07, 6.45) is -2.85. The molecule has 0 amide bonds. The van der Waals surface area contributed by atoms with Crippen LogP contribution in [0.25, 0.3) is 0 Å². The lowest BCUT2D eigenvalue weighted by Gasteiger charge is -2.23. The summed E-state index contributed by atoms with van der Waals surface area (Å²) < 4.78 is 71.8. The Morgan fingerprint density at radius 3 is 2.24 bits per heavy atom. The van der Waals surface area contributed by atoms with E-state index in [2.05, 4.69) is 9.46 Å². The van der Waals surface area contributed by atoms with Crippen molar-refractivity contribution < 1.29 is 31.1 Å². The first kappa shape index (κ1) is 21.0. The number of hydrogen-bond acceptors (Lipinski definition) is 5. The summed E-state index contributed by atoms with van der Waals surface area (Å²) in [6.45, 7) is 1.27. The van der Waals surface area contributed by atoms with Crippen LogP contribution in [0.2, 0.25) is 0 Å². The summed E-state index contributed by atoms with van der Waals surface area (Å²) in [5.41, 5.74) is -0.536. The third kappa shape index (κ3) is 4.64. The molecular formula is C19H19F3N2O4S. The summed E-state index contributed by atoms with van der Waals surface area (Å²) in [5, 5.41) is 0. The highest BCUT2D eigenvalue weighted by atomic mass is 32.2. The number of nitrogens with zero attached hydrogens (tertiary/aromatic N) is 1. The van der Waals surface area contributed by atoms with Gasteiger partial charge in [0.25, 0.3) is 10.0 Å². The lowest BCUT2D eigenvalue weighted by Crippen LogP contribution is -2.22. The number of benzene rings is 2. The van der Waals surface area contributed by atoms with Crippen molar-refractivity contribution in [2.75, 3.05) is 29.8 Å². The van der Waals surface area contributed by atoms with Crippen molar-refractivity contribution in [2.24, 2.45) is 0 Å². The first-order chi connectivity index (χ1) is 13.6. The molecule has 1 heterocycles. The van der Waals surface area contributed by atoms with Crippen molar-refractivity contribution in [2.45, 2.75) is 23.9 Å². The van der Waals surface area contributed by atoms with Crippen LogP contribution < -0.4 is 9.62 Å². The number of esters is 1. The smallest absolute Gasteiger partial charge is 0.416 e. The van der Waals surface area contributed by atoms with Crippen molar-refractivity contribution in [3.8, 4) is 0 Å². The van der Waals surface area contributed by atoms with E-state index in [-0.39, 0.29) is 16.1 Å². The van der Waals surface area contributed by atoms with Crippen molar-refractivity contribution in [3.05, 3.63) is 53.6 Å². The predicted octanol–water partition coefficient (Wildman–Crippen LogP) is 3.89. The van der Waals surface area contributed by atoms with E-state index in [1.54, 1.807) is 0 Å². The van der Waals surface area contributed by atoms with E-state index in [9.17, 15) is 26.4 Å². The Labute approximate surface area is 166 Å². The average Bonchev–Trinajstić information content (AvgIpc) is 3.21. The fourth-order valence-corrected chi connectivity index (χ4v) is 4.18. The molecule has 0 unspecified atom stereocenters. The number of carbonyl (C=O) groups excluding carboxylic acids is 1. The zero-order valence-corrected chi connectivity index (χ0v) is 16.3. The van der Waals surface area contributed by atoms with Crippen LogP contribution in [-0.2, 0) is 20.9 Å². The van der Waals surface area contributed by atoms with Crippen molar-refractivity contribution >= 4 is 27.4 Å². The fraction of sp³-hybridized carbons (Fsp3) is 0.316. The molecule has 1 saturated heterocycles. The Bertz CT molecular complexity index is 999. The van der Waals surface area contributed by atoms with Gasteiger partial charge in [-0.25, -0.2) is 13.2 Å². The van der Waals surface area contributed by atoms with Gasteiger partial charge in [0, 0.05) is 13.1 Å². The largest absolute Gasteiger partial charge is 0.465 e. The van der Waals surface area contributed by atoms with Gasteiger partial charge in [-0.3, -0.25) is 4.72 Å². The number of halogens is 3. The highest BCUT2D eigenvalue weighted by molar-refractivity contribution is 7.92. The van der Waals surface area contributed by atoms with Gasteiger partial charge in [-0.2, -0.15) is 13.2 Å². The zero-order valence-electron chi connectivity index (χ0n) is 15.5. The molecule has 1 aliphatic heterocycles. The second kappa shape index (κ2) is 7.94. The minimum atomic E-state index is -4.61. The molecule has 0 spiro atoms. The van der Waals surface area contributed by atoms with E-state index in [0.29, 0.717) is 18.8 Å². The SMILES string of the molecule is COC(=O)c1ccc(S(=O)(=O)Nc2cc(C(F)(F)F)ccc2N2CCCC2)cc1. The second-order valence-electron chi connectivity index (χ2n) is 6.55. The van der Waals surface area contributed by atoms with Crippen LogP contribution in [0.15, 0.2) is 47.4 Å². The second-order valence-corrected chi connectivity index (χ2v) is 8.23. The summed E-state index contributed by atoms with van der Waals surface area (Å²) in [6, 6.07) is 7.95. The standard InChI is InChI=1S/C19H19F3N2O4S/c1-28-18(25)13-4-7-15(8-5-13)29(26,27)23-16-12-14(19(20,21)22)6-9-17(16)24-10-2-3-11-24/h4-9,12,23H,2-3,10-11H2,1H3. The Morgan fingerprint density at radius 2 is 1.69 bits per heavy atom. The zero-order chi connectivity index (χ0) is 21.2. The molecule has 0 bridgehead atoms. The molecule has 0 saturated carbocycles. The van der Waals surface area contributed by atoms with Crippen LogP contribution in [0.4, 0.5) is 24.5 Å². The minimum absolute atomic E-state index is 0.140. The fourth-order valence-electron chi connectivity index (χ4n) is 3.12. The first-order valence-corrected chi connectivity index (χ1v) is 10.3. The Morgan fingerprint density at radius 1 is 1.07 bits per heavy atom. The van der Waals surface area contributed by atoms with Crippen LogP contribution in [-0.4, -0.2) is 34.6 Å². The van der Waals surface area contributed by atoms with Crippen molar-refractivity contribution in [1.29, 1.82) is 0 Å². The predicted molar refractivity (Wildman–Crippen MR) is 101 cm³/mol. The monoisotopic (exact) mass is 428 g/mol. The van der Waals surface area contributed by atoms with Crippen LogP contribution in [0.1, 0.15) is 28.8 Å².